The summed E-state index contributed by atoms with van der Waals surface area (Å²) in [7, 11) is 0. The van der Waals surface area contributed by atoms with Gasteiger partial charge in [0, 0.05) is 22.7 Å². The first-order valence-corrected chi connectivity index (χ1v) is 5.95. The Kier molecular flexibility index (Phi) is 7.59. The summed E-state index contributed by atoms with van der Waals surface area (Å²) >= 11 is 5.98. The van der Waals surface area contributed by atoms with Crippen LogP contribution in [0.4, 0.5) is 0 Å². The van der Waals surface area contributed by atoms with Gasteiger partial charge >= 0.3 is 0 Å². The Morgan fingerprint density at radius 1 is 1.39 bits per heavy atom. The van der Waals surface area contributed by atoms with Gasteiger partial charge in [0.15, 0.2) is 0 Å². The van der Waals surface area contributed by atoms with Gasteiger partial charge < -0.3 is 15.5 Å². The van der Waals surface area contributed by atoms with Crippen LogP contribution in [0, 0.1) is 0 Å². The van der Waals surface area contributed by atoms with Gasteiger partial charge in [-0.15, -0.1) is 0 Å². The standard InChI is InChI=1S/C12H18ClNO.CH2O2/c1-12(2,3)14-8-11(15)9-6-4-5-7-10(9)13;2-1-3/h4-7,11,14-15H,8H2,1-3H3;1H,(H,2,3). The lowest BCUT2D eigenvalue weighted by Crippen LogP contribution is -2.38. The molecule has 0 spiro atoms. The fourth-order valence-electron chi connectivity index (χ4n) is 1.26. The maximum Gasteiger partial charge on any atom is 0.290 e. The highest BCUT2D eigenvalue weighted by molar-refractivity contribution is 6.31. The normalized spacial score (nSPS) is 12.3. The Hall–Kier alpha value is -1.10. The molecule has 4 nitrogen and oxygen atoms in total. The van der Waals surface area contributed by atoms with Crippen LogP contribution in [-0.4, -0.2) is 28.8 Å². The molecule has 1 atom stereocenters. The predicted octanol–water partition coefficient (Wildman–Crippen LogP) is 2.46. The van der Waals surface area contributed by atoms with Gasteiger partial charge in [-0.1, -0.05) is 29.8 Å². The topological polar surface area (TPSA) is 69.6 Å². The molecule has 0 aromatic heterocycles. The Balaban J connectivity index is 0.000000873. The van der Waals surface area contributed by atoms with Crippen LogP contribution in [0.25, 0.3) is 0 Å². The Morgan fingerprint density at radius 3 is 2.33 bits per heavy atom. The molecule has 0 fully saturated rings. The second-order valence-electron chi connectivity index (χ2n) is 4.77. The zero-order valence-electron chi connectivity index (χ0n) is 10.9. The molecule has 0 heterocycles. The molecule has 0 radical (unpaired) electrons. The van der Waals surface area contributed by atoms with Crippen molar-refractivity contribution in [2.75, 3.05) is 6.54 Å². The van der Waals surface area contributed by atoms with E-state index in [-0.39, 0.29) is 12.0 Å². The highest BCUT2D eigenvalue weighted by Gasteiger charge is 2.15. The van der Waals surface area contributed by atoms with Crippen molar-refractivity contribution in [3.05, 3.63) is 34.9 Å². The third kappa shape index (κ3) is 7.27. The molecule has 0 saturated carbocycles. The molecule has 1 rings (SSSR count). The molecule has 3 N–H and O–H groups in total. The van der Waals surface area contributed by atoms with E-state index in [9.17, 15) is 5.11 Å². The van der Waals surface area contributed by atoms with E-state index in [1.165, 1.54) is 0 Å². The second-order valence-corrected chi connectivity index (χ2v) is 5.18. The van der Waals surface area contributed by atoms with Crippen LogP contribution < -0.4 is 5.32 Å². The van der Waals surface area contributed by atoms with E-state index in [0.717, 1.165) is 5.56 Å². The molecule has 0 aliphatic carbocycles. The van der Waals surface area contributed by atoms with Gasteiger partial charge in [0.25, 0.3) is 6.47 Å². The van der Waals surface area contributed by atoms with E-state index in [2.05, 4.69) is 26.1 Å². The van der Waals surface area contributed by atoms with Crippen LogP contribution >= 0.6 is 11.6 Å². The third-order valence-electron chi connectivity index (χ3n) is 2.09. The Labute approximate surface area is 113 Å². The molecular formula is C13H20ClNO3. The number of carboxylic acid groups (broad SMARTS) is 1. The summed E-state index contributed by atoms with van der Waals surface area (Å²) in [5, 5.41) is 20.7. The van der Waals surface area contributed by atoms with Crippen molar-refractivity contribution in [2.45, 2.75) is 32.4 Å². The summed E-state index contributed by atoms with van der Waals surface area (Å²) in [5.41, 5.74) is 0.776. The van der Waals surface area contributed by atoms with E-state index in [1.807, 2.05) is 18.2 Å². The largest absolute Gasteiger partial charge is 0.483 e. The monoisotopic (exact) mass is 273 g/mol. The molecule has 102 valence electrons. The number of carbonyl (C=O) groups is 1. The molecule has 1 aromatic carbocycles. The van der Waals surface area contributed by atoms with E-state index >= 15 is 0 Å². The van der Waals surface area contributed by atoms with Gasteiger partial charge in [-0.2, -0.15) is 0 Å². The van der Waals surface area contributed by atoms with E-state index in [0.29, 0.717) is 11.6 Å². The summed E-state index contributed by atoms with van der Waals surface area (Å²) in [6.45, 7) is 6.44. The van der Waals surface area contributed by atoms with E-state index < -0.39 is 6.10 Å². The molecule has 0 saturated heterocycles. The quantitative estimate of drug-likeness (QED) is 0.740. The maximum atomic E-state index is 9.92. The van der Waals surface area contributed by atoms with Crippen molar-refractivity contribution in [3.63, 3.8) is 0 Å². The third-order valence-corrected chi connectivity index (χ3v) is 2.43. The van der Waals surface area contributed by atoms with Gasteiger partial charge in [0.1, 0.15) is 0 Å². The average molecular weight is 274 g/mol. The number of aliphatic hydroxyl groups is 1. The Bertz CT molecular complexity index is 363. The second kappa shape index (κ2) is 8.08. The van der Waals surface area contributed by atoms with Crippen molar-refractivity contribution < 1.29 is 15.0 Å². The predicted molar refractivity (Wildman–Crippen MR) is 72.9 cm³/mol. The fourth-order valence-corrected chi connectivity index (χ4v) is 1.52. The number of hydrogen-bond acceptors (Lipinski definition) is 3. The van der Waals surface area contributed by atoms with E-state index in [1.54, 1.807) is 6.07 Å². The first-order chi connectivity index (χ1) is 8.31. The summed E-state index contributed by atoms with van der Waals surface area (Å²) in [5.74, 6) is 0. The van der Waals surface area contributed by atoms with Crippen LogP contribution in [0.5, 0.6) is 0 Å². The Morgan fingerprint density at radius 2 is 1.89 bits per heavy atom. The number of benzene rings is 1. The summed E-state index contributed by atoms with van der Waals surface area (Å²) in [6, 6.07) is 7.37. The molecule has 1 unspecified atom stereocenters. The van der Waals surface area contributed by atoms with Crippen molar-refractivity contribution in [1.29, 1.82) is 0 Å². The lowest BCUT2D eigenvalue weighted by atomic mass is 10.1. The summed E-state index contributed by atoms with van der Waals surface area (Å²) in [6.07, 6.45) is -0.557. The maximum absolute atomic E-state index is 9.92. The van der Waals surface area contributed by atoms with Crippen LogP contribution in [0.1, 0.15) is 32.4 Å². The number of rotatable bonds is 3. The van der Waals surface area contributed by atoms with Crippen LogP contribution in [0.15, 0.2) is 24.3 Å². The van der Waals surface area contributed by atoms with Gasteiger partial charge in [-0.05, 0) is 26.8 Å². The SMILES string of the molecule is CC(C)(C)NCC(O)c1ccccc1Cl.O=CO. The lowest BCUT2D eigenvalue weighted by molar-refractivity contribution is -0.122. The molecule has 0 amide bonds. The van der Waals surface area contributed by atoms with Crippen molar-refractivity contribution in [3.8, 4) is 0 Å². The minimum atomic E-state index is -0.557. The number of halogens is 1. The number of hydrogen-bond donors (Lipinski definition) is 3. The molecule has 0 aliphatic heterocycles. The zero-order valence-corrected chi connectivity index (χ0v) is 11.6. The molecule has 0 aliphatic rings. The number of β-amino-alcohol motifs (C(OH)–C–C–N with tert-alkyl or cyclic N) is 1. The molecular weight excluding hydrogens is 254 g/mol. The lowest BCUT2D eigenvalue weighted by Gasteiger charge is -2.23. The number of aliphatic hydroxyl groups excluding tert-OH is 1. The average Bonchev–Trinajstić information content (AvgIpc) is 2.27. The van der Waals surface area contributed by atoms with Gasteiger partial charge in [-0.25, -0.2) is 0 Å². The zero-order chi connectivity index (χ0) is 14.2. The van der Waals surface area contributed by atoms with Gasteiger partial charge in [-0.3, -0.25) is 4.79 Å². The van der Waals surface area contributed by atoms with Crippen LogP contribution in [0.3, 0.4) is 0 Å². The number of nitrogens with one attached hydrogen (secondary N) is 1. The van der Waals surface area contributed by atoms with Crippen molar-refractivity contribution >= 4 is 18.1 Å². The van der Waals surface area contributed by atoms with Crippen molar-refractivity contribution in [2.24, 2.45) is 0 Å². The summed E-state index contributed by atoms with van der Waals surface area (Å²) < 4.78 is 0. The summed E-state index contributed by atoms with van der Waals surface area (Å²) in [4.78, 5) is 8.36. The molecule has 5 heteroatoms. The van der Waals surface area contributed by atoms with Crippen LogP contribution in [-0.2, 0) is 4.79 Å². The minimum absolute atomic E-state index is 0.00222. The van der Waals surface area contributed by atoms with Crippen LogP contribution in [0.2, 0.25) is 5.02 Å². The minimum Gasteiger partial charge on any atom is -0.483 e. The van der Waals surface area contributed by atoms with E-state index in [4.69, 9.17) is 21.5 Å². The smallest absolute Gasteiger partial charge is 0.290 e. The highest BCUT2D eigenvalue weighted by Crippen LogP contribution is 2.22. The highest BCUT2D eigenvalue weighted by atomic mass is 35.5. The molecule has 1 aromatic rings. The molecule has 0 bridgehead atoms. The first-order valence-electron chi connectivity index (χ1n) is 5.57. The fraction of sp³-hybridized carbons (Fsp3) is 0.462. The first kappa shape index (κ1) is 16.9. The van der Waals surface area contributed by atoms with Gasteiger partial charge in [0.05, 0.1) is 6.10 Å². The van der Waals surface area contributed by atoms with Gasteiger partial charge in [0.2, 0.25) is 0 Å². The van der Waals surface area contributed by atoms with Crippen molar-refractivity contribution in [1.82, 2.24) is 5.32 Å². The molecule has 18 heavy (non-hydrogen) atoms.